The molecule has 0 bridgehead atoms. The Bertz CT molecular complexity index is 529. The van der Waals surface area contributed by atoms with Crippen LogP contribution in [-0.4, -0.2) is 14.8 Å². The van der Waals surface area contributed by atoms with Crippen LogP contribution in [0.1, 0.15) is 11.4 Å². The third-order valence-electron chi connectivity index (χ3n) is 2.22. The third-order valence-corrected chi connectivity index (χ3v) is 2.59. The predicted octanol–water partition coefficient (Wildman–Crippen LogP) is 2.21. The molecule has 2 rings (SSSR count). The molecule has 0 fully saturated rings. The molecular formula is C10H10FN3S. The van der Waals surface area contributed by atoms with Gasteiger partial charge in [-0.25, -0.2) is 4.39 Å². The summed E-state index contributed by atoms with van der Waals surface area (Å²) in [6, 6.07) is 6.47. The average Bonchev–Trinajstić information content (AvgIpc) is 2.50. The molecule has 0 unspecified atom stereocenters. The maximum atomic E-state index is 12.9. The van der Waals surface area contributed by atoms with Gasteiger partial charge in [0.25, 0.3) is 0 Å². The van der Waals surface area contributed by atoms with Crippen LogP contribution < -0.4 is 0 Å². The summed E-state index contributed by atoms with van der Waals surface area (Å²) in [5.41, 5.74) is 0.882. The molecule has 0 amide bonds. The van der Waals surface area contributed by atoms with Crippen molar-refractivity contribution in [1.82, 2.24) is 14.8 Å². The zero-order chi connectivity index (χ0) is 10.8. The lowest BCUT2D eigenvalue weighted by atomic mass is 10.1. The van der Waals surface area contributed by atoms with Gasteiger partial charge < -0.3 is 4.57 Å². The van der Waals surface area contributed by atoms with E-state index in [0.29, 0.717) is 11.2 Å². The van der Waals surface area contributed by atoms with E-state index >= 15 is 0 Å². The SMILES string of the molecule is Cn1c(Cc2cccc(F)c2)n[nH]c1=S. The number of benzene rings is 1. The van der Waals surface area contributed by atoms with Crippen LogP contribution in [0.15, 0.2) is 24.3 Å². The lowest BCUT2D eigenvalue weighted by molar-refractivity contribution is 0.625. The topological polar surface area (TPSA) is 33.6 Å². The molecule has 0 aliphatic heterocycles. The number of aromatic nitrogens is 3. The molecule has 0 saturated carbocycles. The Kier molecular flexibility index (Phi) is 2.64. The largest absolute Gasteiger partial charge is 0.307 e. The van der Waals surface area contributed by atoms with E-state index in [0.717, 1.165) is 11.4 Å². The van der Waals surface area contributed by atoms with Crippen molar-refractivity contribution < 1.29 is 4.39 Å². The van der Waals surface area contributed by atoms with Gasteiger partial charge in [0, 0.05) is 13.5 Å². The van der Waals surface area contributed by atoms with E-state index in [9.17, 15) is 4.39 Å². The van der Waals surface area contributed by atoms with E-state index in [-0.39, 0.29) is 5.82 Å². The number of nitrogens with one attached hydrogen (secondary N) is 1. The second-order valence-corrected chi connectivity index (χ2v) is 3.70. The lowest BCUT2D eigenvalue weighted by Crippen LogP contribution is -1.99. The fourth-order valence-corrected chi connectivity index (χ4v) is 1.52. The highest BCUT2D eigenvalue weighted by atomic mass is 32.1. The van der Waals surface area contributed by atoms with Gasteiger partial charge in [0.1, 0.15) is 11.6 Å². The zero-order valence-electron chi connectivity index (χ0n) is 8.20. The number of H-pyrrole nitrogens is 1. The predicted molar refractivity (Wildman–Crippen MR) is 57.6 cm³/mol. The molecule has 2 aromatic rings. The number of nitrogens with zero attached hydrogens (tertiary/aromatic N) is 2. The Morgan fingerprint density at radius 2 is 2.33 bits per heavy atom. The standard InChI is InChI=1S/C10H10FN3S/c1-14-9(12-13-10(14)15)6-7-3-2-4-8(11)5-7/h2-5H,6H2,1H3,(H,13,15). The van der Waals surface area contributed by atoms with E-state index in [4.69, 9.17) is 12.2 Å². The summed E-state index contributed by atoms with van der Waals surface area (Å²) in [5, 5.41) is 6.76. The van der Waals surface area contributed by atoms with Crippen molar-refractivity contribution in [1.29, 1.82) is 0 Å². The first-order valence-corrected chi connectivity index (χ1v) is 4.92. The number of halogens is 1. The third kappa shape index (κ3) is 2.12. The van der Waals surface area contributed by atoms with Gasteiger partial charge in [-0.15, -0.1) is 0 Å². The van der Waals surface area contributed by atoms with Crippen molar-refractivity contribution in [3.8, 4) is 0 Å². The number of aromatic amines is 1. The Labute approximate surface area is 91.6 Å². The summed E-state index contributed by atoms with van der Waals surface area (Å²) in [6.07, 6.45) is 0.571. The number of hydrogen-bond donors (Lipinski definition) is 1. The molecule has 0 aliphatic carbocycles. The van der Waals surface area contributed by atoms with Crippen molar-refractivity contribution in [3.05, 3.63) is 46.2 Å². The first kappa shape index (κ1) is 10.0. The molecule has 3 nitrogen and oxygen atoms in total. The van der Waals surface area contributed by atoms with Crippen LogP contribution >= 0.6 is 12.2 Å². The Hall–Kier alpha value is -1.49. The van der Waals surface area contributed by atoms with Gasteiger partial charge in [0.05, 0.1) is 0 Å². The number of hydrogen-bond acceptors (Lipinski definition) is 2. The molecule has 15 heavy (non-hydrogen) atoms. The fourth-order valence-electron chi connectivity index (χ4n) is 1.37. The van der Waals surface area contributed by atoms with Gasteiger partial charge in [0.2, 0.25) is 0 Å². The first-order valence-electron chi connectivity index (χ1n) is 4.51. The molecule has 0 atom stereocenters. The molecule has 78 valence electrons. The molecule has 5 heteroatoms. The minimum atomic E-state index is -0.232. The maximum absolute atomic E-state index is 12.9. The van der Waals surface area contributed by atoms with Gasteiger partial charge in [-0.3, -0.25) is 5.10 Å². The summed E-state index contributed by atoms with van der Waals surface area (Å²) in [5.74, 6) is 0.565. The van der Waals surface area contributed by atoms with Crippen molar-refractivity contribution >= 4 is 12.2 Å². The van der Waals surface area contributed by atoms with Crippen LogP contribution in [0, 0.1) is 10.6 Å². The minimum Gasteiger partial charge on any atom is -0.307 e. The minimum absolute atomic E-state index is 0.232. The van der Waals surface area contributed by atoms with E-state index in [1.165, 1.54) is 12.1 Å². The summed E-state index contributed by atoms with van der Waals surface area (Å²) in [7, 11) is 1.83. The van der Waals surface area contributed by atoms with Crippen molar-refractivity contribution in [2.75, 3.05) is 0 Å². The molecule has 0 aliphatic rings. The van der Waals surface area contributed by atoms with E-state index in [1.54, 1.807) is 10.6 Å². The van der Waals surface area contributed by atoms with Crippen LogP contribution in [0.2, 0.25) is 0 Å². The van der Waals surface area contributed by atoms with E-state index in [2.05, 4.69) is 10.2 Å². The first-order chi connectivity index (χ1) is 7.16. The van der Waals surface area contributed by atoms with Crippen LogP contribution in [-0.2, 0) is 13.5 Å². The van der Waals surface area contributed by atoms with Gasteiger partial charge in [-0.2, -0.15) is 5.10 Å². The Balaban J connectivity index is 2.29. The van der Waals surface area contributed by atoms with Gasteiger partial charge >= 0.3 is 0 Å². The summed E-state index contributed by atoms with van der Waals surface area (Å²) >= 11 is 4.99. The molecular weight excluding hydrogens is 213 g/mol. The molecule has 0 spiro atoms. The maximum Gasteiger partial charge on any atom is 0.194 e. The molecule has 1 heterocycles. The van der Waals surface area contributed by atoms with E-state index in [1.807, 2.05) is 13.1 Å². The number of rotatable bonds is 2. The molecule has 1 aromatic carbocycles. The highest BCUT2D eigenvalue weighted by Crippen LogP contribution is 2.08. The summed E-state index contributed by atoms with van der Waals surface area (Å²) in [6.45, 7) is 0. The smallest absolute Gasteiger partial charge is 0.194 e. The fraction of sp³-hybridized carbons (Fsp3) is 0.200. The molecule has 1 aromatic heterocycles. The molecule has 0 radical (unpaired) electrons. The second-order valence-electron chi connectivity index (χ2n) is 3.31. The van der Waals surface area contributed by atoms with Crippen LogP contribution in [0.25, 0.3) is 0 Å². The van der Waals surface area contributed by atoms with Crippen molar-refractivity contribution in [3.63, 3.8) is 0 Å². The highest BCUT2D eigenvalue weighted by molar-refractivity contribution is 7.71. The Morgan fingerprint density at radius 1 is 1.53 bits per heavy atom. The highest BCUT2D eigenvalue weighted by Gasteiger charge is 2.03. The van der Waals surface area contributed by atoms with Gasteiger partial charge in [-0.05, 0) is 29.9 Å². The van der Waals surface area contributed by atoms with E-state index < -0.39 is 0 Å². The molecule has 1 N–H and O–H groups in total. The van der Waals surface area contributed by atoms with Crippen LogP contribution in [0.3, 0.4) is 0 Å². The van der Waals surface area contributed by atoms with Crippen molar-refractivity contribution in [2.24, 2.45) is 7.05 Å². The summed E-state index contributed by atoms with van der Waals surface area (Å²) < 4.78 is 15.3. The molecule has 0 saturated heterocycles. The normalized spacial score (nSPS) is 10.5. The monoisotopic (exact) mass is 223 g/mol. The van der Waals surface area contributed by atoms with Crippen LogP contribution in [0.5, 0.6) is 0 Å². The van der Waals surface area contributed by atoms with Crippen molar-refractivity contribution in [2.45, 2.75) is 6.42 Å². The zero-order valence-corrected chi connectivity index (χ0v) is 9.01. The second kappa shape index (κ2) is 3.94. The Morgan fingerprint density at radius 3 is 2.93 bits per heavy atom. The van der Waals surface area contributed by atoms with Gasteiger partial charge in [-0.1, -0.05) is 12.1 Å². The quantitative estimate of drug-likeness (QED) is 0.792. The van der Waals surface area contributed by atoms with Crippen LogP contribution in [0.4, 0.5) is 4.39 Å². The average molecular weight is 223 g/mol. The summed E-state index contributed by atoms with van der Waals surface area (Å²) in [4.78, 5) is 0. The lowest BCUT2D eigenvalue weighted by Gasteiger charge is -2.00. The van der Waals surface area contributed by atoms with Gasteiger partial charge in [0.15, 0.2) is 4.77 Å².